The van der Waals surface area contributed by atoms with Gasteiger partial charge in [-0.1, -0.05) is 0 Å². The molecule has 2 aromatic rings. The second kappa shape index (κ2) is 9.29. The summed E-state index contributed by atoms with van der Waals surface area (Å²) in [4.78, 5) is 38.4. The van der Waals surface area contributed by atoms with Crippen molar-refractivity contribution in [1.82, 2.24) is 14.9 Å². The van der Waals surface area contributed by atoms with Crippen LogP contribution < -0.4 is 30.9 Å². The summed E-state index contributed by atoms with van der Waals surface area (Å²) in [6.07, 6.45) is 0.216. The number of anilines is 1. The number of carboxylic acid groups (broad SMARTS) is 1. The van der Waals surface area contributed by atoms with E-state index in [1.54, 1.807) is 24.9 Å². The molecule has 0 atom stereocenters. The van der Waals surface area contributed by atoms with E-state index in [0.29, 0.717) is 36.8 Å². The van der Waals surface area contributed by atoms with Gasteiger partial charge in [-0.2, -0.15) is 4.98 Å². The maximum absolute atomic E-state index is 12.5. The molecular weight excluding hydrogens is 392 g/mol. The van der Waals surface area contributed by atoms with Gasteiger partial charge in [0.25, 0.3) is 0 Å². The summed E-state index contributed by atoms with van der Waals surface area (Å²) in [5, 5.41) is 16.0. The Bertz CT molecular complexity index is 1020. The number of rotatable bonds is 9. The minimum atomic E-state index is -1.27. The Morgan fingerprint density at radius 1 is 1.13 bits per heavy atom. The number of benzene rings is 1. The molecule has 3 rings (SSSR count). The average Bonchev–Trinajstić information content (AvgIpc) is 2.74. The number of carbonyl (C=O) groups excluding carboxylic acids is 2. The Balaban J connectivity index is 1.74. The van der Waals surface area contributed by atoms with E-state index in [1.165, 1.54) is 0 Å². The van der Waals surface area contributed by atoms with Gasteiger partial charge in [-0.15, -0.1) is 0 Å². The lowest BCUT2D eigenvalue weighted by molar-refractivity contribution is -0.305. The lowest BCUT2D eigenvalue weighted by Crippen LogP contribution is -2.32. The van der Waals surface area contributed by atoms with Gasteiger partial charge in [0.1, 0.15) is 5.82 Å². The van der Waals surface area contributed by atoms with E-state index in [1.807, 2.05) is 12.1 Å². The number of aliphatic carboxylic acids is 1. The second-order valence-electron chi connectivity index (χ2n) is 6.72. The lowest BCUT2D eigenvalue weighted by Gasteiger charge is -2.23. The van der Waals surface area contributed by atoms with E-state index in [2.05, 4.69) is 15.6 Å². The maximum Gasteiger partial charge on any atom is 0.349 e. The summed E-state index contributed by atoms with van der Waals surface area (Å²) in [7, 11) is 3.13. The molecule has 1 aromatic carbocycles. The molecule has 1 aromatic heterocycles. The lowest BCUT2D eigenvalue weighted by atomic mass is 9.97. The van der Waals surface area contributed by atoms with E-state index >= 15 is 0 Å². The maximum atomic E-state index is 12.5. The number of amides is 1. The van der Waals surface area contributed by atoms with Gasteiger partial charge < -0.3 is 30.0 Å². The van der Waals surface area contributed by atoms with E-state index in [9.17, 15) is 19.5 Å². The van der Waals surface area contributed by atoms with Crippen LogP contribution in [0.25, 0.3) is 11.3 Å². The number of nitrogens with one attached hydrogen (secondary N) is 2. The fourth-order valence-electron chi connectivity index (χ4n) is 3.33. The summed E-state index contributed by atoms with van der Waals surface area (Å²) in [5.41, 5.74) is 2.27. The smallest absolute Gasteiger partial charge is 0.349 e. The predicted octanol–water partition coefficient (Wildman–Crippen LogP) is -0.458. The van der Waals surface area contributed by atoms with Gasteiger partial charge in [0.15, 0.2) is 11.5 Å². The number of aryl methyl sites for hydroxylation is 1. The molecule has 1 aliphatic rings. The molecule has 1 aliphatic heterocycles. The number of aromatic nitrogens is 2. The minimum absolute atomic E-state index is 0.136. The first kappa shape index (κ1) is 21.2. The third-order valence-electron chi connectivity index (χ3n) is 4.81. The molecule has 160 valence electrons. The Kier molecular flexibility index (Phi) is 6.55. The molecule has 30 heavy (non-hydrogen) atoms. The van der Waals surface area contributed by atoms with Crippen molar-refractivity contribution < 1.29 is 24.2 Å². The molecule has 2 heterocycles. The fourth-order valence-corrected chi connectivity index (χ4v) is 3.33. The second-order valence-corrected chi connectivity index (χ2v) is 6.72. The zero-order valence-electron chi connectivity index (χ0n) is 16.8. The summed E-state index contributed by atoms with van der Waals surface area (Å²) in [6, 6.07) is 5.54. The monoisotopic (exact) mass is 415 g/mol. The number of carbonyl (C=O) groups is 2. The van der Waals surface area contributed by atoms with Crippen LogP contribution in [0.15, 0.2) is 23.0 Å². The van der Waals surface area contributed by atoms with Crippen molar-refractivity contribution in [3.05, 3.63) is 34.2 Å². The molecule has 10 heteroatoms. The van der Waals surface area contributed by atoms with E-state index in [4.69, 9.17) is 9.47 Å². The third-order valence-corrected chi connectivity index (χ3v) is 4.81. The number of methoxy groups -OCH3 is 2. The van der Waals surface area contributed by atoms with Crippen molar-refractivity contribution >= 4 is 17.7 Å². The van der Waals surface area contributed by atoms with Gasteiger partial charge in [0.05, 0.1) is 19.9 Å². The number of hydrogen-bond acceptors (Lipinski definition) is 8. The SMILES string of the molecule is COc1cc2c(cc1OC)-c1cc(NCCNC(=O)CCC(=O)[O-])nc(=O)n1CC2. The molecule has 0 saturated heterocycles. The summed E-state index contributed by atoms with van der Waals surface area (Å²) >= 11 is 0. The number of ether oxygens (including phenoxy) is 2. The Morgan fingerprint density at radius 3 is 2.57 bits per heavy atom. The Hall–Kier alpha value is -3.56. The van der Waals surface area contributed by atoms with Crippen molar-refractivity contribution in [2.75, 3.05) is 32.6 Å². The van der Waals surface area contributed by atoms with Gasteiger partial charge in [-0.05, 0) is 30.5 Å². The number of fused-ring (bicyclic) bond motifs is 3. The van der Waals surface area contributed by atoms with Gasteiger partial charge in [0, 0.05) is 43.7 Å². The highest BCUT2D eigenvalue weighted by Gasteiger charge is 2.21. The van der Waals surface area contributed by atoms with E-state index < -0.39 is 5.97 Å². The van der Waals surface area contributed by atoms with Crippen LogP contribution >= 0.6 is 0 Å². The van der Waals surface area contributed by atoms with E-state index in [-0.39, 0.29) is 31.0 Å². The van der Waals surface area contributed by atoms with Crippen LogP contribution in [0.5, 0.6) is 11.5 Å². The Labute approximate surface area is 172 Å². The molecule has 10 nitrogen and oxygen atoms in total. The van der Waals surface area contributed by atoms with E-state index in [0.717, 1.165) is 16.8 Å². The fraction of sp³-hybridized carbons (Fsp3) is 0.400. The van der Waals surface area contributed by atoms with Crippen LogP contribution in [0.1, 0.15) is 18.4 Å². The normalized spacial score (nSPS) is 11.8. The largest absolute Gasteiger partial charge is 0.550 e. The van der Waals surface area contributed by atoms with Crippen molar-refractivity contribution in [2.45, 2.75) is 25.8 Å². The molecule has 0 unspecified atom stereocenters. The van der Waals surface area contributed by atoms with Crippen molar-refractivity contribution in [2.24, 2.45) is 0 Å². The van der Waals surface area contributed by atoms with Gasteiger partial charge in [-0.25, -0.2) is 4.79 Å². The molecule has 2 N–H and O–H groups in total. The summed E-state index contributed by atoms with van der Waals surface area (Å²) in [5.74, 6) is -0.0551. The zero-order valence-corrected chi connectivity index (χ0v) is 16.8. The average molecular weight is 415 g/mol. The standard InChI is InChI=1S/C20H24N4O6/c1-29-15-9-12-5-8-24-14(13(12)10-16(15)30-2)11-17(23-20(24)28)21-6-7-22-18(25)3-4-19(26)27/h9-11H,3-8H2,1-2H3,(H,22,25)(H,26,27)(H,21,23,28)/p-1. The van der Waals surface area contributed by atoms with Gasteiger partial charge in [0.2, 0.25) is 5.91 Å². The minimum Gasteiger partial charge on any atom is -0.550 e. The molecule has 0 fully saturated rings. The van der Waals surface area contributed by atoms with Crippen LogP contribution in [0, 0.1) is 0 Å². The molecule has 0 radical (unpaired) electrons. The highest BCUT2D eigenvalue weighted by atomic mass is 16.5. The van der Waals surface area contributed by atoms with Crippen LogP contribution in [-0.4, -0.2) is 48.7 Å². The van der Waals surface area contributed by atoms with Gasteiger partial charge >= 0.3 is 5.69 Å². The molecular formula is C20H23N4O6-. The third kappa shape index (κ3) is 4.70. The van der Waals surface area contributed by atoms with Crippen LogP contribution in [0.4, 0.5) is 5.82 Å². The summed E-state index contributed by atoms with van der Waals surface area (Å²) < 4.78 is 12.4. The van der Waals surface area contributed by atoms with Crippen molar-refractivity contribution in [3.63, 3.8) is 0 Å². The predicted molar refractivity (Wildman–Crippen MR) is 106 cm³/mol. The molecule has 0 saturated carbocycles. The van der Waals surface area contributed by atoms with Crippen LogP contribution in [0.3, 0.4) is 0 Å². The Morgan fingerprint density at radius 2 is 1.87 bits per heavy atom. The first-order chi connectivity index (χ1) is 14.4. The molecule has 0 aliphatic carbocycles. The van der Waals surface area contributed by atoms with Crippen LogP contribution in [-0.2, 0) is 22.6 Å². The number of carboxylic acids is 1. The van der Waals surface area contributed by atoms with Crippen molar-refractivity contribution in [3.8, 4) is 22.8 Å². The van der Waals surface area contributed by atoms with Crippen molar-refractivity contribution in [1.29, 1.82) is 0 Å². The number of hydrogen-bond donors (Lipinski definition) is 2. The van der Waals surface area contributed by atoms with Gasteiger partial charge in [-0.3, -0.25) is 9.36 Å². The number of nitrogens with zero attached hydrogens (tertiary/aromatic N) is 2. The highest BCUT2D eigenvalue weighted by Crippen LogP contribution is 2.38. The molecule has 1 amide bonds. The molecule has 0 bridgehead atoms. The molecule has 0 spiro atoms. The zero-order chi connectivity index (χ0) is 21.7. The van der Waals surface area contributed by atoms with Crippen LogP contribution in [0.2, 0.25) is 0 Å². The first-order valence-corrected chi connectivity index (χ1v) is 9.50. The first-order valence-electron chi connectivity index (χ1n) is 9.50. The summed E-state index contributed by atoms with van der Waals surface area (Å²) in [6.45, 7) is 1.09. The quantitative estimate of drug-likeness (QED) is 0.526. The highest BCUT2D eigenvalue weighted by molar-refractivity contribution is 5.80. The topological polar surface area (TPSA) is 135 Å².